The van der Waals surface area contributed by atoms with Crippen LogP contribution >= 0.6 is 0 Å². The summed E-state index contributed by atoms with van der Waals surface area (Å²) in [6.07, 6.45) is 0.784. The van der Waals surface area contributed by atoms with Crippen molar-refractivity contribution >= 4 is 17.6 Å². The fourth-order valence-electron chi connectivity index (χ4n) is 3.02. The average Bonchev–Trinajstić information content (AvgIpc) is 2.92. The molecular weight excluding hydrogens is 358 g/mol. The third-order valence-electron chi connectivity index (χ3n) is 4.51. The molecule has 1 aliphatic rings. The summed E-state index contributed by atoms with van der Waals surface area (Å²) < 4.78 is 16.3. The van der Waals surface area contributed by atoms with Gasteiger partial charge in [-0.2, -0.15) is 0 Å². The van der Waals surface area contributed by atoms with E-state index in [9.17, 15) is 9.59 Å². The number of anilines is 1. The molecule has 2 aromatic carbocycles. The van der Waals surface area contributed by atoms with Crippen molar-refractivity contribution in [3.63, 3.8) is 0 Å². The van der Waals surface area contributed by atoms with Crippen LogP contribution < -0.4 is 14.8 Å². The Bertz CT molecular complexity index is 875. The van der Waals surface area contributed by atoms with E-state index < -0.39 is 5.97 Å². The molecule has 148 valence electrons. The average molecular weight is 383 g/mol. The molecule has 2 aromatic rings. The number of esters is 1. The molecule has 1 N–H and O–H groups in total. The van der Waals surface area contributed by atoms with Crippen LogP contribution in [0.25, 0.3) is 0 Å². The summed E-state index contributed by atoms with van der Waals surface area (Å²) in [4.78, 5) is 24.6. The lowest BCUT2D eigenvalue weighted by Gasteiger charge is -2.16. The number of nitrogens with one attached hydrogen (secondary N) is 1. The molecular formula is C22H25NO5. The van der Waals surface area contributed by atoms with Gasteiger partial charge in [0.25, 0.3) is 5.91 Å². The Hall–Kier alpha value is -3.02. The molecule has 0 saturated carbocycles. The van der Waals surface area contributed by atoms with Crippen molar-refractivity contribution in [1.29, 1.82) is 0 Å². The van der Waals surface area contributed by atoms with Crippen LogP contribution in [0.1, 0.15) is 47.7 Å². The van der Waals surface area contributed by atoms with Crippen LogP contribution in [0, 0.1) is 6.92 Å². The van der Waals surface area contributed by atoms with Gasteiger partial charge in [0.15, 0.2) is 18.1 Å². The number of carbonyl (C=O) groups is 2. The molecule has 6 nitrogen and oxygen atoms in total. The molecule has 0 radical (unpaired) electrons. The second-order valence-electron chi connectivity index (χ2n) is 7.03. The maximum atomic E-state index is 12.3. The Morgan fingerprint density at radius 2 is 1.86 bits per heavy atom. The van der Waals surface area contributed by atoms with Gasteiger partial charge in [0.1, 0.15) is 0 Å². The zero-order valence-electron chi connectivity index (χ0n) is 16.4. The van der Waals surface area contributed by atoms with Crippen LogP contribution in [0.4, 0.5) is 5.69 Å². The number of ether oxygens (including phenoxy) is 3. The largest absolute Gasteiger partial charge is 0.490 e. The number of amides is 1. The van der Waals surface area contributed by atoms with Crippen LogP contribution in [0.15, 0.2) is 36.4 Å². The lowest BCUT2D eigenvalue weighted by atomic mass is 9.98. The van der Waals surface area contributed by atoms with Gasteiger partial charge in [-0.1, -0.05) is 32.0 Å². The second-order valence-corrected chi connectivity index (χ2v) is 7.03. The first-order valence-electron chi connectivity index (χ1n) is 9.42. The van der Waals surface area contributed by atoms with E-state index >= 15 is 0 Å². The van der Waals surface area contributed by atoms with Crippen molar-refractivity contribution < 1.29 is 23.8 Å². The molecule has 1 amide bonds. The lowest BCUT2D eigenvalue weighted by molar-refractivity contribution is -0.119. The molecule has 0 saturated heterocycles. The molecule has 3 rings (SSSR count). The maximum absolute atomic E-state index is 12.3. The molecule has 1 aliphatic heterocycles. The van der Waals surface area contributed by atoms with E-state index in [1.165, 1.54) is 0 Å². The predicted octanol–water partition coefficient (Wildman–Crippen LogP) is 4.08. The monoisotopic (exact) mass is 383 g/mol. The van der Waals surface area contributed by atoms with Gasteiger partial charge >= 0.3 is 5.97 Å². The van der Waals surface area contributed by atoms with Gasteiger partial charge in [-0.25, -0.2) is 4.79 Å². The number of hydrogen-bond donors (Lipinski definition) is 1. The number of aryl methyl sites for hydroxylation is 1. The van der Waals surface area contributed by atoms with E-state index in [1.54, 1.807) is 18.2 Å². The molecule has 0 spiro atoms. The molecule has 0 bridgehead atoms. The Morgan fingerprint density at radius 3 is 2.61 bits per heavy atom. The molecule has 0 aromatic heterocycles. The highest BCUT2D eigenvalue weighted by Crippen LogP contribution is 2.31. The highest BCUT2D eigenvalue weighted by atomic mass is 16.5. The molecule has 0 aliphatic carbocycles. The lowest BCUT2D eigenvalue weighted by Crippen LogP contribution is -2.22. The minimum Gasteiger partial charge on any atom is -0.490 e. The van der Waals surface area contributed by atoms with Crippen molar-refractivity contribution in [2.24, 2.45) is 0 Å². The van der Waals surface area contributed by atoms with Crippen LogP contribution in [-0.2, 0) is 9.53 Å². The summed E-state index contributed by atoms with van der Waals surface area (Å²) in [7, 11) is 0. The van der Waals surface area contributed by atoms with Gasteiger partial charge in [-0.05, 0) is 42.2 Å². The minimum absolute atomic E-state index is 0.263. The van der Waals surface area contributed by atoms with Gasteiger partial charge in [0, 0.05) is 12.1 Å². The fraction of sp³-hybridized carbons (Fsp3) is 0.364. The van der Waals surface area contributed by atoms with Gasteiger partial charge < -0.3 is 19.5 Å². The minimum atomic E-state index is -0.584. The highest BCUT2D eigenvalue weighted by Gasteiger charge is 2.17. The number of benzene rings is 2. The summed E-state index contributed by atoms with van der Waals surface area (Å²) in [5.74, 6) is 0.420. The van der Waals surface area contributed by atoms with Crippen molar-refractivity contribution in [1.82, 2.24) is 0 Å². The molecule has 6 heteroatoms. The topological polar surface area (TPSA) is 73.9 Å². The number of fused-ring (bicyclic) bond motifs is 1. The molecule has 0 unspecified atom stereocenters. The number of carbonyl (C=O) groups excluding carboxylic acids is 2. The van der Waals surface area contributed by atoms with Crippen molar-refractivity contribution in [3.8, 4) is 11.5 Å². The van der Waals surface area contributed by atoms with E-state index in [0.717, 1.165) is 23.2 Å². The summed E-state index contributed by atoms with van der Waals surface area (Å²) in [5, 5.41) is 2.86. The van der Waals surface area contributed by atoms with Crippen LogP contribution in [0.5, 0.6) is 11.5 Å². The van der Waals surface area contributed by atoms with Crippen molar-refractivity contribution in [3.05, 3.63) is 53.1 Å². The highest BCUT2D eigenvalue weighted by molar-refractivity contribution is 5.96. The van der Waals surface area contributed by atoms with Crippen LogP contribution in [-0.4, -0.2) is 31.7 Å². The zero-order valence-corrected chi connectivity index (χ0v) is 16.4. The summed E-state index contributed by atoms with van der Waals surface area (Å²) in [5.41, 5.74) is 3.10. The molecule has 1 heterocycles. The van der Waals surface area contributed by atoms with E-state index in [-0.39, 0.29) is 18.4 Å². The van der Waals surface area contributed by atoms with E-state index in [0.29, 0.717) is 30.3 Å². The first kappa shape index (κ1) is 19.7. The summed E-state index contributed by atoms with van der Waals surface area (Å²) >= 11 is 0. The van der Waals surface area contributed by atoms with Crippen LogP contribution in [0.2, 0.25) is 0 Å². The van der Waals surface area contributed by atoms with E-state index in [4.69, 9.17) is 14.2 Å². The first-order valence-corrected chi connectivity index (χ1v) is 9.42. The van der Waals surface area contributed by atoms with Crippen molar-refractivity contribution in [2.75, 3.05) is 25.1 Å². The smallest absolute Gasteiger partial charge is 0.338 e. The Kier molecular flexibility index (Phi) is 6.19. The Balaban J connectivity index is 1.62. The summed E-state index contributed by atoms with van der Waals surface area (Å²) in [6, 6.07) is 10.7. The Morgan fingerprint density at radius 1 is 1.11 bits per heavy atom. The molecule has 28 heavy (non-hydrogen) atoms. The van der Waals surface area contributed by atoms with Crippen molar-refractivity contribution in [2.45, 2.75) is 33.1 Å². The number of rotatable bonds is 5. The van der Waals surface area contributed by atoms with Crippen LogP contribution in [0.3, 0.4) is 0 Å². The summed E-state index contributed by atoms with van der Waals surface area (Å²) in [6.45, 7) is 6.81. The normalized spacial score (nSPS) is 13.0. The second kappa shape index (κ2) is 8.78. The van der Waals surface area contributed by atoms with E-state index in [2.05, 4.69) is 19.2 Å². The Labute approximate surface area is 164 Å². The van der Waals surface area contributed by atoms with Gasteiger partial charge in [0.05, 0.1) is 18.8 Å². The SMILES string of the molecule is Cc1cccc(C(C)C)c1NC(=O)COC(=O)c1ccc2c(c1)OCCCO2. The quantitative estimate of drug-likeness (QED) is 0.788. The molecule has 0 atom stereocenters. The third kappa shape index (κ3) is 4.63. The first-order chi connectivity index (χ1) is 13.5. The fourth-order valence-corrected chi connectivity index (χ4v) is 3.02. The predicted molar refractivity (Wildman–Crippen MR) is 106 cm³/mol. The van der Waals surface area contributed by atoms with Gasteiger partial charge in [-0.3, -0.25) is 4.79 Å². The zero-order chi connectivity index (χ0) is 20.1. The van der Waals surface area contributed by atoms with Gasteiger partial charge in [0.2, 0.25) is 0 Å². The number of hydrogen-bond acceptors (Lipinski definition) is 5. The standard InChI is InChI=1S/C22H25NO5/c1-14(2)17-7-4-6-15(3)21(17)23-20(24)13-28-22(25)16-8-9-18-19(12-16)27-11-5-10-26-18/h4,6-9,12,14H,5,10-11,13H2,1-3H3,(H,23,24). The van der Waals surface area contributed by atoms with Gasteiger partial charge in [-0.15, -0.1) is 0 Å². The molecule has 0 fully saturated rings. The third-order valence-corrected chi connectivity index (χ3v) is 4.51. The van der Waals surface area contributed by atoms with E-state index in [1.807, 2.05) is 25.1 Å². The number of para-hydroxylation sites is 1. The maximum Gasteiger partial charge on any atom is 0.338 e.